The molecule has 0 radical (unpaired) electrons. The molecular formula is C17H18ClF4N3O. The van der Waals surface area contributed by atoms with E-state index in [0.29, 0.717) is 22.5 Å². The molecule has 1 aliphatic heterocycles. The molecule has 1 aromatic rings. The number of nitrogens with zero attached hydrogens (tertiary/aromatic N) is 2. The molecule has 0 bridgehead atoms. The van der Waals surface area contributed by atoms with Crippen LogP contribution in [0.25, 0.3) is 0 Å². The van der Waals surface area contributed by atoms with Crippen molar-refractivity contribution in [2.45, 2.75) is 33.0 Å². The van der Waals surface area contributed by atoms with Gasteiger partial charge in [0, 0.05) is 28.5 Å². The Morgan fingerprint density at radius 1 is 1.35 bits per heavy atom. The summed E-state index contributed by atoms with van der Waals surface area (Å²) >= 11 is 5.90. The first kappa shape index (κ1) is 20.2. The quantitative estimate of drug-likeness (QED) is 0.769. The van der Waals surface area contributed by atoms with Crippen LogP contribution in [0.2, 0.25) is 5.02 Å². The topological polar surface area (TPSA) is 44.7 Å². The fourth-order valence-electron chi connectivity index (χ4n) is 2.57. The van der Waals surface area contributed by atoms with Gasteiger partial charge < -0.3 is 10.2 Å². The van der Waals surface area contributed by atoms with E-state index in [1.807, 2.05) is 0 Å². The van der Waals surface area contributed by atoms with Gasteiger partial charge in [0.2, 0.25) is 5.91 Å². The lowest BCUT2D eigenvalue weighted by Crippen LogP contribution is -2.37. The van der Waals surface area contributed by atoms with E-state index < -0.39 is 18.5 Å². The van der Waals surface area contributed by atoms with Crippen LogP contribution >= 0.6 is 11.6 Å². The van der Waals surface area contributed by atoms with Gasteiger partial charge in [0.25, 0.3) is 0 Å². The zero-order valence-corrected chi connectivity index (χ0v) is 15.0. The summed E-state index contributed by atoms with van der Waals surface area (Å²) in [6.45, 7) is 2.09. The van der Waals surface area contributed by atoms with E-state index in [1.54, 1.807) is 13.8 Å². The maximum atomic E-state index is 13.0. The van der Waals surface area contributed by atoms with Gasteiger partial charge in [-0.3, -0.25) is 9.79 Å². The predicted octanol–water partition coefficient (Wildman–Crippen LogP) is 4.06. The molecule has 9 heteroatoms. The summed E-state index contributed by atoms with van der Waals surface area (Å²) in [5.74, 6) is -0.868. The smallest absolute Gasteiger partial charge is 0.352 e. The molecule has 1 amide bonds. The van der Waals surface area contributed by atoms with Gasteiger partial charge >= 0.3 is 6.18 Å². The van der Waals surface area contributed by atoms with Crippen LogP contribution in [0.1, 0.15) is 25.8 Å². The summed E-state index contributed by atoms with van der Waals surface area (Å²) < 4.78 is 51.0. The third-order valence-corrected chi connectivity index (χ3v) is 4.38. The highest BCUT2D eigenvalue weighted by Crippen LogP contribution is 2.25. The number of carbonyl (C=O) groups is 1. The molecule has 2 rings (SSSR count). The molecule has 1 heterocycles. The van der Waals surface area contributed by atoms with Crippen molar-refractivity contribution in [3.63, 3.8) is 0 Å². The first-order chi connectivity index (χ1) is 12.1. The minimum atomic E-state index is -4.35. The molecule has 4 nitrogen and oxygen atoms in total. The van der Waals surface area contributed by atoms with E-state index in [0.717, 1.165) is 11.0 Å². The van der Waals surface area contributed by atoms with E-state index >= 15 is 0 Å². The number of amides is 1. The van der Waals surface area contributed by atoms with Crippen molar-refractivity contribution in [1.82, 2.24) is 10.2 Å². The van der Waals surface area contributed by atoms with Crippen LogP contribution in [0.5, 0.6) is 0 Å². The molecule has 0 fully saturated rings. The Labute approximate surface area is 153 Å². The summed E-state index contributed by atoms with van der Waals surface area (Å²) in [6, 6.07) is 3.83. The molecular weight excluding hydrogens is 374 g/mol. The normalized spacial score (nSPS) is 15.2. The number of alkyl halides is 3. The maximum Gasteiger partial charge on any atom is 0.405 e. The number of hydrogen-bond acceptors (Lipinski definition) is 3. The summed E-state index contributed by atoms with van der Waals surface area (Å²) in [7, 11) is 0. The predicted molar refractivity (Wildman–Crippen MR) is 91.3 cm³/mol. The molecule has 1 N–H and O–H groups in total. The van der Waals surface area contributed by atoms with E-state index in [-0.39, 0.29) is 30.6 Å². The molecule has 1 aliphatic rings. The van der Waals surface area contributed by atoms with Crippen molar-refractivity contribution < 1.29 is 22.4 Å². The average Bonchev–Trinajstić information content (AvgIpc) is 2.52. The Morgan fingerprint density at radius 2 is 2.04 bits per heavy atom. The van der Waals surface area contributed by atoms with Gasteiger partial charge in [0.1, 0.15) is 19.0 Å². The third-order valence-electron chi connectivity index (χ3n) is 4.03. The molecule has 0 aliphatic carbocycles. The lowest BCUT2D eigenvalue weighted by molar-refractivity contribution is -0.141. The molecule has 1 aromatic carbocycles. The second-order valence-electron chi connectivity index (χ2n) is 5.95. The zero-order valence-electron chi connectivity index (χ0n) is 14.3. The lowest BCUT2D eigenvalue weighted by Gasteiger charge is -2.30. The van der Waals surface area contributed by atoms with E-state index in [4.69, 9.17) is 11.6 Å². The summed E-state index contributed by atoms with van der Waals surface area (Å²) in [5, 5.41) is 2.82. The molecule has 0 aromatic heterocycles. The number of benzene rings is 1. The highest BCUT2D eigenvalue weighted by Gasteiger charge is 2.33. The van der Waals surface area contributed by atoms with Crippen LogP contribution < -0.4 is 5.32 Å². The summed E-state index contributed by atoms with van der Waals surface area (Å²) in [4.78, 5) is 17.3. The Hall–Kier alpha value is -2.09. The van der Waals surface area contributed by atoms with Crippen LogP contribution in [0, 0.1) is 5.82 Å². The first-order valence-corrected chi connectivity index (χ1v) is 8.18. The number of carbonyl (C=O) groups excluding carboxylic acids is 1. The van der Waals surface area contributed by atoms with E-state index in [1.165, 1.54) is 12.1 Å². The van der Waals surface area contributed by atoms with Gasteiger partial charge in [-0.15, -0.1) is 0 Å². The molecule has 0 saturated heterocycles. The van der Waals surface area contributed by atoms with Crippen LogP contribution in [0.4, 0.5) is 17.6 Å². The summed E-state index contributed by atoms with van der Waals surface area (Å²) in [5.41, 5.74) is 1.92. The van der Waals surface area contributed by atoms with Crippen molar-refractivity contribution in [3.8, 4) is 0 Å². The number of halogens is 5. The molecule has 142 valence electrons. The van der Waals surface area contributed by atoms with Crippen LogP contribution in [0.15, 0.2) is 34.5 Å². The summed E-state index contributed by atoms with van der Waals surface area (Å²) in [6.07, 6.45) is -4.46. The Morgan fingerprint density at radius 3 is 2.65 bits per heavy atom. The number of allylic oxidation sites excluding steroid dienone is 1. The zero-order chi connectivity index (χ0) is 19.5. The fourth-order valence-corrected chi connectivity index (χ4v) is 2.80. The highest BCUT2D eigenvalue weighted by atomic mass is 35.5. The van der Waals surface area contributed by atoms with Crippen LogP contribution in [-0.4, -0.2) is 35.9 Å². The van der Waals surface area contributed by atoms with Gasteiger partial charge in [0.15, 0.2) is 0 Å². The van der Waals surface area contributed by atoms with Crippen molar-refractivity contribution in [2.75, 3.05) is 13.2 Å². The third kappa shape index (κ3) is 5.45. The maximum absolute atomic E-state index is 13.0. The van der Waals surface area contributed by atoms with Gasteiger partial charge in [0.05, 0.1) is 6.42 Å². The van der Waals surface area contributed by atoms with Gasteiger partial charge in [-0.25, -0.2) is 4.39 Å². The van der Waals surface area contributed by atoms with Gasteiger partial charge in [-0.2, -0.15) is 13.2 Å². The fraction of sp³-hybridized carbons (Fsp3) is 0.412. The van der Waals surface area contributed by atoms with Crippen molar-refractivity contribution in [3.05, 3.63) is 45.9 Å². The minimum Gasteiger partial charge on any atom is -0.352 e. The molecule has 0 spiro atoms. The van der Waals surface area contributed by atoms with Crippen LogP contribution in [-0.2, 0) is 11.3 Å². The largest absolute Gasteiger partial charge is 0.405 e. The number of rotatable bonds is 5. The minimum absolute atomic E-state index is 0.0898. The Balaban J connectivity index is 2.03. The van der Waals surface area contributed by atoms with Crippen molar-refractivity contribution in [2.24, 2.45) is 4.99 Å². The molecule has 0 atom stereocenters. The Kier molecular flexibility index (Phi) is 6.28. The second-order valence-corrected chi connectivity index (χ2v) is 6.36. The van der Waals surface area contributed by atoms with Crippen LogP contribution in [0.3, 0.4) is 0 Å². The lowest BCUT2D eigenvalue weighted by atomic mass is 10.0. The van der Waals surface area contributed by atoms with Crippen molar-refractivity contribution in [1.29, 1.82) is 0 Å². The van der Waals surface area contributed by atoms with Crippen molar-refractivity contribution >= 4 is 23.2 Å². The first-order valence-electron chi connectivity index (χ1n) is 7.80. The molecule has 0 saturated carbocycles. The van der Waals surface area contributed by atoms with E-state index in [9.17, 15) is 22.4 Å². The number of aliphatic imine (C=N–C) groups is 1. The number of hydrogen-bond donors (Lipinski definition) is 1. The van der Waals surface area contributed by atoms with Gasteiger partial charge in [-0.05, 0) is 31.5 Å². The molecule has 0 unspecified atom stereocenters. The SMILES string of the molecule is CC1=NCN(CC(F)(F)F)C(C)=C1CC(=O)NCc1ccc(F)cc1Cl. The van der Waals surface area contributed by atoms with E-state index in [2.05, 4.69) is 10.3 Å². The van der Waals surface area contributed by atoms with Gasteiger partial charge in [-0.1, -0.05) is 17.7 Å². The second kappa shape index (κ2) is 8.07. The standard InChI is InChI=1S/C17H18ClF4N3O/c1-10-14(11(2)25(9-24-10)8-17(20,21)22)6-16(26)23-7-12-3-4-13(19)5-15(12)18/h3-5H,6-9H2,1-2H3,(H,23,26). The number of nitrogens with one attached hydrogen (secondary N) is 1. The highest BCUT2D eigenvalue weighted by molar-refractivity contribution is 6.31. The average molecular weight is 392 g/mol. The monoisotopic (exact) mass is 391 g/mol. The molecule has 26 heavy (non-hydrogen) atoms. The Bertz CT molecular complexity index is 759.